The monoisotopic (exact) mass is 361 g/mol. The molecular weight excluding hydrogens is 338 g/mol. The van der Waals surface area contributed by atoms with Crippen LogP contribution in [-0.2, 0) is 6.54 Å². The van der Waals surface area contributed by atoms with Gasteiger partial charge in [-0.3, -0.25) is 0 Å². The van der Waals surface area contributed by atoms with Crippen LogP contribution in [0.5, 0.6) is 0 Å². The van der Waals surface area contributed by atoms with Crippen LogP contribution in [0, 0.1) is 0 Å². The molecule has 0 atom stereocenters. The normalized spacial score (nSPS) is 11.7. The van der Waals surface area contributed by atoms with E-state index in [-0.39, 0.29) is 0 Å². The molecule has 136 valence electrons. The van der Waals surface area contributed by atoms with Gasteiger partial charge >= 0.3 is 0 Å². The Morgan fingerprint density at radius 1 is 0.536 bits per heavy atom. The van der Waals surface area contributed by atoms with Gasteiger partial charge in [-0.2, -0.15) is 0 Å². The molecule has 5 aromatic carbocycles. The Bertz CT molecular complexity index is 1250. The first-order chi connectivity index (χ1) is 13.7. The number of rotatable bonds is 3. The first kappa shape index (κ1) is 17.0. The fraction of sp³-hybridized carbons (Fsp3) is 0.111. The van der Waals surface area contributed by atoms with Crippen LogP contribution in [0.1, 0.15) is 5.56 Å². The van der Waals surface area contributed by atoms with E-state index in [9.17, 15) is 0 Å². The zero-order valence-electron chi connectivity index (χ0n) is 16.3. The summed E-state index contributed by atoms with van der Waals surface area (Å²) in [7, 11) is 4.28. The average molecular weight is 361 g/mol. The summed E-state index contributed by atoms with van der Waals surface area (Å²) in [6.45, 7) is 0.927. The van der Waals surface area contributed by atoms with Crippen LogP contribution in [0.4, 0.5) is 0 Å². The molecule has 0 aromatic heterocycles. The Balaban J connectivity index is 1.99. The quantitative estimate of drug-likeness (QED) is 0.317. The molecule has 0 heterocycles. The molecule has 0 saturated heterocycles. The molecule has 1 nitrogen and oxygen atoms in total. The SMILES string of the molecule is CN(C)Cc1c2ccccc2c(-c2cccc3ccccc23)c2ccccc12. The lowest BCUT2D eigenvalue weighted by atomic mass is 9.86. The van der Waals surface area contributed by atoms with Crippen molar-refractivity contribution in [3.8, 4) is 11.1 Å². The highest BCUT2D eigenvalue weighted by molar-refractivity contribution is 6.18. The molecule has 0 saturated carbocycles. The summed E-state index contributed by atoms with van der Waals surface area (Å²) in [5.41, 5.74) is 4.05. The first-order valence-electron chi connectivity index (χ1n) is 9.79. The summed E-state index contributed by atoms with van der Waals surface area (Å²) in [6.07, 6.45) is 0. The summed E-state index contributed by atoms with van der Waals surface area (Å²) in [5.74, 6) is 0. The predicted octanol–water partition coefficient (Wildman–Crippen LogP) is 6.87. The van der Waals surface area contributed by atoms with Crippen LogP contribution in [-0.4, -0.2) is 19.0 Å². The van der Waals surface area contributed by atoms with E-state index in [1.165, 1.54) is 49.0 Å². The Hall–Kier alpha value is -3.16. The summed E-state index contributed by atoms with van der Waals surface area (Å²) in [4.78, 5) is 2.26. The number of hydrogen-bond donors (Lipinski definition) is 0. The Morgan fingerprint density at radius 2 is 1.04 bits per heavy atom. The summed E-state index contributed by atoms with van der Waals surface area (Å²) in [5, 5.41) is 7.94. The van der Waals surface area contributed by atoms with E-state index in [4.69, 9.17) is 0 Å². The largest absolute Gasteiger partial charge is 0.305 e. The standard InChI is InChI=1S/C27H23N/c1-28(2)18-26-21-13-5-7-15-24(21)27(25-16-8-6-14-22(25)26)23-17-9-11-19-10-3-4-12-20(19)23/h3-17H,18H2,1-2H3. The lowest BCUT2D eigenvalue weighted by Crippen LogP contribution is -2.11. The Kier molecular flexibility index (Phi) is 4.11. The number of fused-ring (bicyclic) bond motifs is 3. The van der Waals surface area contributed by atoms with Gasteiger partial charge in [0.25, 0.3) is 0 Å². The smallest absolute Gasteiger partial charge is 0.0239 e. The van der Waals surface area contributed by atoms with Gasteiger partial charge in [0.05, 0.1) is 0 Å². The molecule has 1 heteroatoms. The summed E-state index contributed by atoms with van der Waals surface area (Å²) < 4.78 is 0. The van der Waals surface area contributed by atoms with Crippen LogP contribution in [0.25, 0.3) is 43.4 Å². The highest BCUT2D eigenvalue weighted by atomic mass is 15.0. The predicted molar refractivity (Wildman–Crippen MR) is 122 cm³/mol. The molecule has 0 aliphatic carbocycles. The van der Waals surface area contributed by atoms with Gasteiger partial charge in [0.15, 0.2) is 0 Å². The highest BCUT2D eigenvalue weighted by Gasteiger charge is 2.16. The van der Waals surface area contributed by atoms with E-state index in [0.717, 1.165) is 6.54 Å². The minimum atomic E-state index is 0.927. The van der Waals surface area contributed by atoms with Crippen molar-refractivity contribution < 1.29 is 0 Å². The molecule has 0 unspecified atom stereocenters. The molecule has 0 fully saturated rings. The molecule has 0 bridgehead atoms. The molecule has 0 spiro atoms. The number of hydrogen-bond acceptors (Lipinski definition) is 1. The average Bonchev–Trinajstić information content (AvgIpc) is 2.73. The number of benzene rings is 5. The van der Waals surface area contributed by atoms with Crippen LogP contribution in [0.15, 0.2) is 91.0 Å². The minimum absolute atomic E-state index is 0.927. The van der Waals surface area contributed by atoms with Crippen molar-refractivity contribution in [3.05, 3.63) is 96.6 Å². The zero-order valence-corrected chi connectivity index (χ0v) is 16.3. The Morgan fingerprint density at radius 3 is 1.64 bits per heavy atom. The van der Waals surface area contributed by atoms with Crippen LogP contribution in [0.3, 0.4) is 0 Å². The second-order valence-electron chi connectivity index (χ2n) is 7.71. The molecule has 28 heavy (non-hydrogen) atoms. The van der Waals surface area contributed by atoms with Crippen LogP contribution in [0.2, 0.25) is 0 Å². The van der Waals surface area contributed by atoms with Crippen molar-refractivity contribution >= 4 is 32.3 Å². The van der Waals surface area contributed by atoms with E-state index in [0.29, 0.717) is 0 Å². The van der Waals surface area contributed by atoms with Crippen molar-refractivity contribution in [1.82, 2.24) is 4.90 Å². The third-order valence-electron chi connectivity index (χ3n) is 5.58. The van der Waals surface area contributed by atoms with Gasteiger partial charge in [0.2, 0.25) is 0 Å². The van der Waals surface area contributed by atoms with Gasteiger partial charge in [0, 0.05) is 6.54 Å². The van der Waals surface area contributed by atoms with Gasteiger partial charge in [-0.25, -0.2) is 0 Å². The molecule has 0 aliphatic heterocycles. The second-order valence-corrected chi connectivity index (χ2v) is 7.71. The molecule has 0 amide bonds. The molecule has 5 aromatic rings. The van der Waals surface area contributed by atoms with Gasteiger partial charge in [-0.15, -0.1) is 0 Å². The van der Waals surface area contributed by atoms with E-state index >= 15 is 0 Å². The molecule has 0 N–H and O–H groups in total. The van der Waals surface area contributed by atoms with E-state index in [1.54, 1.807) is 0 Å². The topological polar surface area (TPSA) is 3.24 Å². The maximum Gasteiger partial charge on any atom is 0.0239 e. The fourth-order valence-electron chi connectivity index (χ4n) is 4.44. The van der Waals surface area contributed by atoms with Gasteiger partial charge in [0.1, 0.15) is 0 Å². The van der Waals surface area contributed by atoms with E-state index < -0.39 is 0 Å². The van der Waals surface area contributed by atoms with Crippen molar-refractivity contribution in [2.75, 3.05) is 14.1 Å². The van der Waals surface area contributed by atoms with Gasteiger partial charge in [-0.05, 0) is 63.1 Å². The van der Waals surface area contributed by atoms with Crippen molar-refractivity contribution in [3.63, 3.8) is 0 Å². The molecule has 0 radical (unpaired) electrons. The minimum Gasteiger partial charge on any atom is -0.305 e. The van der Waals surface area contributed by atoms with Gasteiger partial charge < -0.3 is 4.90 Å². The number of nitrogens with zero attached hydrogens (tertiary/aromatic N) is 1. The fourth-order valence-corrected chi connectivity index (χ4v) is 4.44. The van der Waals surface area contributed by atoms with E-state index in [1.807, 2.05) is 0 Å². The second kappa shape index (κ2) is 6.78. The third kappa shape index (κ3) is 2.67. The maximum atomic E-state index is 2.28. The molecular formula is C27H23N. The Labute approximate surface area is 165 Å². The lowest BCUT2D eigenvalue weighted by Gasteiger charge is -2.20. The highest BCUT2D eigenvalue weighted by Crippen LogP contribution is 2.41. The summed E-state index contributed by atoms with van der Waals surface area (Å²) >= 11 is 0. The van der Waals surface area contributed by atoms with Crippen molar-refractivity contribution in [2.45, 2.75) is 6.54 Å². The van der Waals surface area contributed by atoms with E-state index in [2.05, 4.69) is 110 Å². The first-order valence-corrected chi connectivity index (χ1v) is 9.79. The molecule has 5 rings (SSSR count). The van der Waals surface area contributed by atoms with Crippen molar-refractivity contribution in [1.29, 1.82) is 0 Å². The lowest BCUT2D eigenvalue weighted by molar-refractivity contribution is 0.405. The third-order valence-corrected chi connectivity index (χ3v) is 5.58. The van der Waals surface area contributed by atoms with Gasteiger partial charge in [-0.1, -0.05) is 91.0 Å². The van der Waals surface area contributed by atoms with Crippen LogP contribution >= 0.6 is 0 Å². The van der Waals surface area contributed by atoms with Crippen LogP contribution < -0.4 is 0 Å². The van der Waals surface area contributed by atoms with Crippen molar-refractivity contribution in [2.24, 2.45) is 0 Å². The zero-order chi connectivity index (χ0) is 19.1. The molecule has 0 aliphatic rings. The summed E-state index contributed by atoms with van der Waals surface area (Å²) in [6, 6.07) is 33.1. The maximum absolute atomic E-state index is 2.28.